The molecule has 1 aromatic carbocycles. The van der Waals surface area contributed by atoms with Crippen LogP contribution in [0.4, 0.5) is 4.39 Å². The van der Waals surface area contributed by atoms with E-state index >= 15 is 0 Å². The first-order valence-electron chi connectivity index (χ1n) is 7.04. The van der Waals surface area contributed by atoms with E-state index in [2.05, 4.69) is 10.3 Å². The van der Waals surface area contributed by atoms with Crippen molar-refractivity contribution in [2.24, 2.45) is 0 Å². The molecule has 1 amide bonds. The second-order valence-electron chi connectivity index (χ2n) is 4.92. The number of halogens is 1. The summed E-state index contributed by atoms with van der Waals surface area (Å²) in [6.45, 7) is 2.76. The molecule has 0 spiro atoms. The number of nitrogens with one attached hydrogen (secondary N) is 1. The fourth-order valence-corrected chi connectivity index (χ4v) is 3.12. The number of carbonyl (C=O) groups is 1. The van der Waals surface area contributed by atoms with Gasteiger partial charge < -0.3 is 10.1 Å². The third kappa shape index (κ3) is 4.61. The van der Waals surface area contributed by atoms with Crippen LogP contribution in [0, 0.1) is 12.7 Å². The van der Waals surface area contributed by atoms with Gasteiger partial charge in [0, 0.05) is 18.5 Å². The highest BCUT2D eigenvalue weighted by Crippen LogP contribution is 2.19. The average Bonchev–Trinajstić information content (AvgIpc) is 2.81. The van der Waals surface area contributed by atoms with Crippen molar-refractivity contribution in [1.29, 1.82) is 0 Å². The summed E-state index contributed by atoms with van der Waals surface area (Å²) in [7, 11) is 1.62. The number of carbonyl (C=O) groups excluding carboxylic acids is 1. The van der Waals surface area contributed by atoms with Gasteiger partial charge in [-0.2, -0.15) is 0 Å². The van der Waals surface area contributed by atoms with Gasteiger partial charge in [0.25, 0.3) is 0 Å². The zero-order chi connectivity index (χ0) is 15.9. The molecule has 0 radical (unpaired) electrons. The van der Waals surface area contributed by atoms with Gasteiger partial charge in [0.1, 0.15) is 10.8 Å². The highest BCUT2D eigenvalue weighted by molar-refractivity contribution is 7.11. The maximum Gasteiger partial charge on any atom is 0.225 e. The summed E-state index contributed by atoms with van der Waals surface area (Å²) in [6.07, 6.45) is 0.777. The van der Waals surface area contributed by atoms with E-state index in [0.29, 0.717) is 31.6 Å². The van der Waals surface area contributed by atoms with Crippen LogP contribution in [0.15, 0.2) is 24.3 Å². The Bertz CT molecular complexity index is 643. The van der Waals surface area contributed by atoms with Gasteiger partial charge in [-0.05, 0) is 25.0 Å². The molecule has 0 bridgehead atoms. The van der Waals surface area contributed by atoms with Gasteiger partial charge in [0.05, 0.1) is 18.7 Å². The Balaban J connectivity index is 1.82. The second kappa shape index (κ2) is 8.00. The number of aromatic nitrogens is 1. The predicted octanol–water partition coefficient (Wildman–Crippen LogP) is 2.64. The van der Waals surface area contributed by atoms with Crippen molar-refractivity contribution in [3.8, 4) is 0 Å². The molecule has 0 saturated heterocycles. The number of rotatable bonds is 7. The van der Waals surface area contributed by atoms with E-state index < -0.39 is 0 Å². The van der Waals surface area contributed by atoms with E-state index in [4.69, 9.17) is 4.74 Å². The van der Waals surface area contributed by atoms with Crippen molar-refractivity contribution in [2.75, 3.05) is 13.7 Å². The van der Waals surface area contributed by atoms with Crippen molar-refractivity contribution in [2.45, 2.75) is 26.4 Å². The number of hydrogen-bond donors (Lipinski definition) is 1. The molecular formula is C16H19FN2O2S. The van der Waals surface area contributed by atoms with Crippen LogP contribution < -0.4 is 5.32 Å². The van der Waals surface area contributed by atoms with Crippen LogP contribution in [0.5, 0.6) is 0 Å². The monoisotopic (exact) mass is 322 g/mol. The molecule has 0 saturated carbocycles. The SMILES string of the molecule is COCc1nc(C)c(CC(=O)NCCc2ccccc2F)s1. The van der Waals surface area contributed by atoms with Crippen LogP contribution in [0.3, 0.4) is 0 Å². The number of methoxy groups -OCH3 is 1. The lowest BCUT2D eigenvalue weighted by Crippen LogP contribution is -2.27. The van der Waals surface area contributed by atoms with E-state index in [1.165, 1.54) is 17.4 Å². The van der Waals surface area contributed by atoms with Crippen molar-refractivity contribution in [1.82, 2.24) is 10.3 Å². The molecule has 4 nitrogen and oxygen atoms in total. The molecule has 0 aliphatic heterocycles. The summed E-state index contributed by atoms with van der Waals surface area (Å²) in [5.41, 5.74) is 1.47. The van der Waals surface area contributed by atoms with Gasteiger partial charge in [-0.15, -0.1) is 11.3 Å². The van der Waals surface area contributed by atoms with Crippen LogP contribution in [0.2, 0.25) is 0 Å². The molecule has 0 fully saturated rings. The van der Waals surface area contributed by atoms with E-state index in [1.807, 2.05) is 6.92 Å². The van der Waals surface area contributed by atoms with E-state index in [-0.39, 0.29) is 11.7 Å². The van der Waals surface area contributed by atoms with Crippen LogP contribution in [0.25, 0.3) is 0 Å². The Hall–Kier alpha value is -1.79. The van der Waals surface area contributed by atoms with Gasteiger partial charge in [0.15, 0.2) is 0 Å². The Morgan fingerprint density at radius 2 is 2.18 bits per heavy atom. The fourth-order valence-electron chi connectivity index (χ4n) is 2.08. The van der Waals surface area contributed by atoms with Crippen LogP contribution in [-0.2, 0) is 29.0 Å². The van der Waals surface area contributed by atoms with Gasteiger partial charge in [-0.25, -0.2) is 9.37 Å². The normalized spacial score (nSPS) is 10.7. The third-order valence-electron chi connectivity index (χ3n) is 3.20. The van der Waals surface area contributed by atoms with E-state index in [9.17, 15) is 9.18 Å². The fraction of sp³-hybridized carbons (Fsp3) is 0.375. The first kappa shape index (κ1) is 16.6. The Labute approximate surface area is 133 Å². The van der Waals surface area contributed by atoms with Crippen LogP contribution in [0.1, 0.15) is 21.1 Å². The number of amides is 1. The largest absolute Gasteiger partial charge is 0.378 e. The number of aryl methyl sites for hydroxylation is 1. The zero-order valence-electron chi connectivity index (χ0n) is 12.7. The quantitative estimate of drug-likeness (QED) is 0.852. The Kier molecular flexibility index (Phi) is 6.03. The minimum atomic E-state index is -0.237. The topological polar surface area (TPSA) is 51.2 Å². The molecule has 0 atom stereocenters. The Morgan fingerprint density at radius 3 is 2.91 bits per heavy atom. The molecule has 1 heterocycles. The summed E-state index contributed by atoms with van der Waals surface area (Å²) >= 11 is 1.49. The second-order valence-corrected chi connectivity index (χ2v) is 6.09. The summed E-state index contributed by atoms with van der Waals surface area (Å²) < 4.78 is 18.5. The number of thiazole rings is 1. The minimum absolute atomic E-state index is 0.0768. The summed E-state index contributed by atoms with van der Waals surface area (Å²) in [6, 6.07) is 6.60. The van der Waals surface area contributed by atoms with Gasteiger partial charge in [-0.1, -0.05) is 18.2 Å². The molecule has 0 aliphatic rings. The van der Waals surface area contributed by atoms with E-state index in [0.717, 1.165) is 15.6 Å². The van der Waals surface area contributed by atoms with Crippen molar-refractivity contribution >= 4 is 17.2 Å². The van der Waals surface area contributed by atoms with Crippen LogP contribution >= 0.6 is 11.3 Å². The third-order valence-corrected chi connectivity index (χ3v) is 4.33. The predicted molar refractivity (Wildman–Crippen MR) is 84.4 cm³/mol. The number of ether oxygens (including phenoxy) is 1. The molecule has 6 heteroatoms. The summed E-state index contributed by atoms with van der Waals surface area (Å²) in [5.74, 6) is -0.314. The molecule has 0 unspecified atom stereocenters. The highest BCUT2D eigenvalue weighted by atomic mass is 32.1. The first-order valence-corrected chi connectivity index (χ1v) is 7.86. The first-order chi connectivity index (χ1) is 10.6. The van der Waals surface area contributed by atoms with Crippen molar-refractivity contribution < 1.29 is 13.9 Å². The molecule has 1 aromatic heterocycles. The molecular weight excluding hydrogens is 303 g/mol. The van der Waals surface area contributed by atoms with Gasteiger partial charge in [0.2, 0.25) is 5.91 Å². The van der Waals surface area contributed by atoms with E-state index in [1.54, 1.807) is 25.3 Å². The van der Waals surface area contributed by atoms with Gasteiger partial charge in [-0.3, -0.25) is 4.79 Å². The molecule has 2 rings (SSSR count). The maximum atomic E-state index is 13.5. The lowest BCUT2D eigenvalue weighted by Gasteiger charge is -2.05. The summed E-state index contributed by atoms with van der Waals surface area (Å²) in [4.78, 5) is 17.2. The molecule has 118 valence electrons. The Morgan fingerprint density at radius 1 is 1.41 bits per heavy atom. The lowest BCUT2D eigenvalue weighted by atomic mass is 10.1. The molecule has 0 aliphatic carbocycles. The van der Waals surface area contributed by atoms with Crippen LogP contribution in [-0.4, -0.2) is 24.5 Å². The lowest BCUT2D eigenvalue weighted by molar-refractivity contribution is -0.120. The molecule has 2 aromatic rings. The average molecular weight is 322 g/mol. The summed E-state index contributed by atoms with van der Waals surface area (Å²) in [5, 5.41) is 3.69. The van der Waals surface area contributed by atoms with Crippen molar-refractivity contribution in [3.63, 3.8) is 0 Å². The number of hydrogen-bond acceptors (Lipinski definition) is 4. The molecule has 22 heavy (non-hydrogen) atoms. The number of nitrogens with zero attached hydrogens (tertiary/aromatic N) is 1. The minimum Gasteiger partial charge on any atom is -0.378 e. The van der Waals surface area contributed by atoms with Gasteiger partial charge >= 0.3 is 0 Å². The standard InChI is InChI=1S/C16H19FN2O2S/c1-11-14(22-16(19-11)10-21-2)9-15(20)18-8-7-12-5-3-4-6-13(12)17/h3-6H,7-10H2,1-2H3,(H,18,20). The smallest absolute Gasteiger partial charge is 0.225 e. The molecule has 1 N–H and O–H groups in total. The maximum absolute atomic E-state index is 13.5. The zero-order valence-corrected chi connectivity index (χ0v) is 13.5. The van der Waals surface area contributed by atoms with Crippen molar-refractivity contribution in [3.05, 3.63) is 51.2 Å². The highest BCUT2D eigenvalue weighted by Gasteiger charge is 2.11. The number of benzene rings is 1.